The first-order chi connectivity index (χ1) is 10.8. The van der Waals surface area contributed by atoms with Crippen LogP contribution in [0.15, 0.2) is 18.2 Å². The standard InChI is InChI=1S/C17H25N3O2.ClH/c1-11-14(10-19-20-11)9-18-17(12-2-3-12)13-4-5-15-16(8-13)22-7-6-21-15;/h4-5,8,11-12,14,17-20H,2-3,6-7,9-10H2,1H3;1H. The summed E-state index contributed by atoms with van der Waals surface area (Å²) in [5.74, 6) is 3.18. The van der Waals surface area contributed by atoms with E-state index < -0.39 is 0 Å². The van der Waals surface area contributed by atoms with Gasteiger partial charge in [0.05, 0.1) is 0 Å². The van der Waals surface area contributed by atoms with Crippen LogP contribution in [0, 0.1) is 11.8 Å². The van der Waals surface area contributed by atoms with Crippen LogP contribution in [0.3, 0.4) is 0 Å². The fraction of sp³-hybridized carbons (Fsp3) is 0.647. The van der Waals surface area contributed by atoms with Crippen LogP contribution in [0.25, 0.3) is 0 Å². The van der Waals surface area contributed by atoms with Crippen LogP contribution >= 0.6 is 12.4 Å². The average molecular weight is 340 g/mol. The van der Waals surface area contributed by atoms with E-state index in [1.807, 2.05) is 0 Å². The van der Waals surface area contributed by atoms with Crippen LogP contribution in [-0.4, -0.2) is 32.3 Å². The second-order valence-corrected chi connectivity index (χ2v) is 6.70. The lowest BCUT2D eigenvalue weighted by Crippen LogP contribution is -2.35. The van der Waals surface area contributed by atoms with Crippen LogP contribution in [-0.2, 0) is 0 Å². The van der Waals surface area contributed by atoms with Gasteiger partial charge < -0.3 is 14.8 Å². The third-order valence-corrected chi connectivity index (χ3v) is 5.02. The van der Waals surface area contributed by atoms with E-state index in [9.17, 15) is 0 Å². The van der Waals surface area contributed by atoms with Crippen molar-refractivity contribution in [1.82, 2.24) is 16.2 Å². The van der Waals surface area contributed by atoms with E-state index >= 15 is 0 Å². The zero-order chi connectivity index (χ0) is 14.9. The molecule has 2 aliphatic heterocycles. The van der Waals surface area contributed by atoms with Crippen LogP contribution in [0.5, 0.6) is 11.5 Å². The van der Waals surface area contributed by atoms with Gasteiger partial charge in [-0.15, -0.1) is 12.4 Å². The molecule has 0 radical (unpaired) electrons. The predicted molar refractivity (Wildman–Crippen MR) is 92.2 cm³/mol. The highest BCUT2D eigenvalue weighted by Gasteiger charge is 2.34. The van der Waals surface area contributed by atoms with Gasteiger partial charge >= 0.3 is 0 Å². The van der Waals surface area contributed by atoms with Crippen LogP contribution in [0.4, 0.5) is 0 Å². The number of rotatable bonds is 5. The number of halogens is 1. The zero-order valence-corrected chi connectivity index (χ0v) is 14.3. The number of benzene rings is 1. The quantitative estimate of drug-likeness (QED) is 0.766. The molecule has 0 bridgehead atoms. The van der Waals surface area contributed by atoms with Gasteiger partial charge in [-0.25, -0.2) is 0 Å². The number of fused-ring (bicyclic) bond motifs is 1. The van der Waals surface area contributed by atoms with Crippen molar-refractivity contribution >= 4 is 12.4 Å². The molecule has 2 fully saturated rings. The Morgan fingerprint density at radius 2 is 2.00 bits per heavy atom. The average Bonchev–Trinajstić information content (AvgIpc) is 3.30. The summed E-state index contributed by atoms with van der Waals surface area (Å²) < 4.78 is 11.4. The summed E-state index contributed by atoms with van der Waals surface area (Å²) in [5.41, 5.74) is 7.87. The summed E-state index contributed by atoms with van der Waals surface area (Å²) in [7, 11) is 0. The van der Waals surface area contributed by atoms with Crippen molar-refractivity contribution in [2.24, 2.45) is 11.8 Å². The van der Waals surface area contributed by atoms with Crippen molar-refractivity contribution in [2.75, 3.05) is 26.3 Å². The van der Waals surface area contributed by atoms with Crippen LogP contribution in [0.2, 0.25) is 0 Å². The minimum atomic E-state index is 0. The van der Waals surface area contributed by atoms with Crippen LogP contribution in [0.1, 0.15) is 31.4 Å². The van der Waals surface area contributed by atoms with Gasteiger partial charge in [-0.2, -0.15) is 0 Å². The maximum Gasteiger partial charge on any atom is 0.161 e. The maximum absolute atomic E-state index is 5.74. The van der Waals surface area contributed by atoms with Crippen molar-refractivity contribution < 1.29 is 9.47 Å². The zero-order valence-electron chi connectivity index (χ0n) is 13.5. The van der Waals surface area contributed by atoms with Gasteiger partial charge in [-0.05, 0) is 43.4 Å². The lowest BCUT2D eigenvalue weighted by molar-refractivity contribution is 0.171. The third kappa shape index (κ3) is 3.74. The topological polar surface area (TPSA) is 54.5 Å². The Morgan fingerprint density at radius 3 is 2.70 bits per heavy atom. The molecular formula is C17H26ClN3O2. The van der Waals surface area contributed by atoms with E-state index in [4.69, 9.17) is 9.47 Å². The largest absolute Gasteiger partial charge is 0.486 e. The Hall–Kier alpha value is -1.01. The highest BCUT2D eigenvalue weighted by molar-refractivity contribution is 5.85. The number of ether oxygens (including phenoxy) is 2. The van der Waals surface area contributed by atoms with Gasteiger partial charge in [-0.1, -0.05) is 6.07 Å². The molecular weight excluding hydrogens is 314 g/mol. The fourth-order valence-electron chi connectivity index (χ4n) is 3.41. The smallest absolute Gasteiger partial charge is 0.161 e. The summed E-state index contributed by atoms with van der Waals surface area (Å²) in [5, 5.41) is 3.80. The molecule has 1 aromatic rings. The fourth-order valence-corrected chi connectivity index (χ4v) is 3.41. The first kappa shape index (κ1) is 16.8. The number of hydrazine groups is 1. The van der Waals surface area contributed by atoms with E-state index in [2.05, 4.69) is 41.3 Å². The highest BCUT2D eigenvalue weighted by Crippen LogP contribution is 2.43. The van der Waals surface area contributed by atoms with Gasteiger partial charge in [0.25, 0.3) is 0 Å². The Balaban J connectivity index is 0.00000156. The molecule has 128 valence electrons. The molecule has 1 saturated carbocycles. The van der Waals surface area contributed by atoms with E-state index in [0.29, 0.717) is 31.2 Å². The van der Waals surface area contributed by atoms with Gasteiger partial charge in [-0.3, -0.25) is 10.9 Å². The van der Waals surface area contributed by atoms with Gasteiger partial charge in [0.15, 0.2) is 11.5 Å². The first-order valence-electron chi connectivity index (χ1n) is 8.42. The Labute approximate surface area is 143 Å². The molecule has 6 heteroatoms. The summed E-state index contributed by atoms with van der Waals surface area (Å²) >= 11 is 0. The Bertz CT molecular complexity index is 539. The van der Waals surface area contributed by atoms with E-state index in [0.717, 1.165) is 30.5 Å². The second-order valence-electron chi connectivity index (χ2n) is 6.70. The lowest BCUT2D eigenvalue weighted by Gasteiger charge is -2.25. The molecule has 3 aliphatic rings. The number of hydrogen-bond acceptors (Lipinski definition) is 5. The van der Waals surface area contributed by atoms with Crippen LogP contribution < -0.4 is 25.6 Å². The molecule has 3 N–H and O–H groups in total. The normalized spacial score (nSPS) is 27.3. The molecule has 5 nitrogen and oxygen atoms in total. The highest BCUT2D eigenvalue weighted by atomic mass is 35.5. The minimum Gasteiger partial charge on any atom is -0.486 e. The monoisotopic (exact) mass is 339 g/mol. The summed E-state index contributed by atoms with van der Waals surface area (Å²) in [6, 6.07) is 7.37. The summed E-state index contributed by atoms with van der Waals surface area (Å²) in [4.78, 5) is 0. The van der Waals surface area contributed by atoms with Crippen molar-refractivity contribution in [2.45, 2.75) is 31.8 Å². The molecule has 1 saturated heterocycles. The molecule has 0 aromatic heterocycles. The van der Waals surface area contributed by atoms with Crippen molar-refractivity contribution in [3.05, 3.63) is 23.8 Å². The Kier molecular flexibility index (Phi) is 5.31. The van der Waals surface area contributed by atoms with E-state index in [1.54, 1.807) is 0 Å². The molecule has 23 heavy (non-hydrogen) atoms. The van der Waals surface area contributed by atoms with Gasteiger partial charge in [0, 0.05) is 31.1 Å². The lowest BCUT2D eigenvalue weighted by atomic mass is 9.99. The van der Waals surface area contributed by atoms with E-state index in [1.165, 1.54) is 18.4 Å². The first-order valence-corrected chi connectivity index (χ1v) is 8.42. The summed E-state index contributed by atoms with van der Waals surface area (Å²) in [6.07, 6.45) is 2.64. The van der Waals surface area contributed by atoms with Gasteiger partial charge in [0.2, 0.25) is 0 Å². The molecule has 1 aliphatic carbocycles. The molecule has 3 atom stereocenters. The Morgan fingerprint density at radius 1 is 1.22 bits per heavy atom. The molecule has 4 rings (SSSR count). The minimum absolute atomic E-state index is 0. The van der Waals surface area contributed by atoms with Crippen molar-refractivity contribution in [1.29, 1.82) is 0 Å². The van der Waals surface area contributed by atoms with Crippen molar-refractivity contribution in [3.8, 4) is 11.5 Å². The molecule has 0 spiro atoms. The van der Waals surface area contributed by atoms with Gasteiger partial charge in [0.1, 0.15) is 13.2 Å². The maximum atomic E-state index is 5.74. The summed E-state index contributed by atoms with van der Waals surface area (Å²) in [6.45, 7) is 5.61. The second kappa shape index (κ2) is 7.26. The number of hydrogen-bond donors (Lipinski definition) is 3. The third-order valence-electron chi connectivity index (χ3n) is 5.02. The van der Waals surface area contributed by atoms with Crippen molar-refractivity contribution in [3.63, 3.8) is 0 Å². The molecule has 0 amide bonds. The SMILES string of the molecule is CC1NNCC1CNC(c1ccc2c(c1)OCCO2)C1CC1.Cl. The number of nitrogens with one attached hydrogen (secondary N) is 3. The predicted octanol–water partition coefficient (Wildman–Crippen LogP) is 2.03. The molecule has 3 unspecified atom stereocenters. The molecule has 2 heterocycles. The van der Waals surface area contributed by atoms with E-state index in [-0.39, 0.29) is 12.4 Å². The molecule has 1 aromatic carbocycles.